The van der Waals surface area contributed by atoms with Crippen LogP contribution in [0, 0.1) is 0 Å². The molecule has 0 aliphatic rings. The van der Waals surface area contributed by atoms with Crippen LogP contribution >= 0.6 is 0 Å². The van der Waals surface area contributed by atoms with E-state index in [1.165, 1.54) is 37.4 Å². The predicted molar refractivity (Wildman–Crippen MR) is 106 cm³/mol. The Kier molecular flexibility index (Phi) is 6.28. The van der Waals surface area contributed by atoms with Gasteiger partial charge in [-0.1, -0.05) is 24.3 Å². The highest BCUT2D eigenvalue weighted by atomic mass is 19.4. The minimum Gasteiger partial charge on any atom is -0.493 e. The van der Waals surface area contributed by atoms with Gasteiger partial charge in [-0.05, 0) is 29.8 Å². The van der Waals surface area contributed by atoms with Crippen LogP contribution in [0.15, 0.2) is 57.7 Å². The molecule has 0 bridgehead atoms. The maximum absolute atomic E-state index is 12.5. The third kappa shape index (κ3) is 5.62. The van der Waals surface area contributed by atoms with Crippen LogP contribution in [0.5, 0.6) is 5.75 Å². The van der Waals surface area contributed by atoms with Crippen molar-refractivity contribution in [1.82, 2.24) is 5.32 Å². The summed E-state index contributed by atoms with van der Waals surface area (Å²) in [5.74, 6) is -1.12. The van der Waals surface area contributed by atoms with Gasteiger partial charge < -0.3 is 19.8 Å². The number of nitrogens with one attached hydrogen (secondary N) is 2. The van der Waals surface area contributed by atoms with Crippen LogP contribution in [0.25, 0.3) is 11.0 Å². The smallest absolute Gasteiger partial charge is 0.405 e. The summed E-state index contributed by atoms with van der Waals surface area (Å²) in [6.45, 7) is -1.40. The number of hydrogen-bond donors (Lipinski definition) is 2. The Bertz CT molecular complexity index is 1170. The molecule has 0 atom stereocenters. The van der Waals surface area contributed by atoms with Crippen molar-refractivity contribution in [2.45, 2.75) is 12.6 Å². The summed E-state index contributed by atoms with van der Waals surface area (Å²) in [5, 5.41) is 4.82. The number of hydrogen-bond acceptors (Lipinski definition) is 5. The summed E-state index contributed by atoms with van der Waals surface area (Å²) < 4.78 is 46.7. The first-order valence-electron chi connectivity index (χ1n) is 9.01. The molecule has 0 aliphatic heterocycles. The largest absolute Gasteiger partial charge is 0.493 e. The fourth-order valence-electron chi connectivity index (χ4n) is 2.79. The first-order valence-corrected chi connectivity index (χ1v) is 9.01. The molecule has 2 aromatic carbocycles. The molecule has 7 nitrogen and oxygen atoms in total. The molecular weight excluding hydrogens is 417 g/mol. The predicted octanol–water partition coefficient (Wildman–Crippen LogP) is 3.27. The molecule has 0 spiro atoms. The van der Waals surface area contributed by atoms with Crippen molar-refractivity contribution in [2.75, 3.05) is 19.0 Å². The summed E-state index contributed by atoms with van der Waals surface area (Å²) in [4.78, 5) is 36.3. The van der Waals surface area contributed by atoms with Crippen LogP contribution < -0.4 is 21.0 Å². The molecule has 0 aliphatic carbocycles. The molecule has 10 heteroatoms. The first-order chi connectivity index (χ1) is 14.7. The number of benzene rings is 2. The standard InChI is InChI=1S/C21H17F3N2O5/c1-30-16-4-2-3-13-10-15(20(29)31-18(13)16)19(28)26-14-7-5-12(6-8-14)9-17(27)25-11-21(22,23)24/h2-8,10H,9,11H2,1H3,(H,25,27)(H,26,28). The third-order valence-corrected chi connectivity index (χ3v) is 4.25. The molecule has 2 amide bonds. The SMILES string of the molecule is COc1cccc2cc(C(=O)Nc3ccc(CC(=O)NCC(F)(F)F)cc3)c(=O)oc12. The summed E-state index contributed by atoms with van der Waals surface area (Å²) in [7, 11) is 1.43. The van der Waals surface area contributed by atoms with Gasteiger partial charge in [0.05, 0.1) is 13.5 Å². The minimum absolute atomic E-state index is 0.212. The molecule has 0 unspecified atom stereocenters. The van der Waals surface area contributed by atoms with Gasteiger partial charge in [-0.15, -0.1) is 0 Å². The lowest BCUT2D eigenvalue weighted by atomic mass is 10.1. The summed E-state index contributed by atoms with van der Waals surface area (Å²) in [5.41, 5.74) is -0.0481. The monoisotopic (exact) mass is 434 g/mol. The van der Waals surface area contributed by atoms with Crippen LogP contribution in [0.4, 0.5) is 18.9 Å². The lowest BCUT2D eigenvalue weighted by Gasteiger charge is -2.09. The lowest BCUT2D eigenvalue weighted by Crippen LogP contribution is -2.34. The second-order valence-electron chi connectivity index (χ2n) is 6.55. The summed E-state index contributed by atoms with van der Waals surface area (Å²) in [6, 6.07) is 12.3. The highest BCUT2D eigenvalue weighted by Gasteiger charge is 2.27. The van der Waals surface area contributed by atoms with E-state index in [9.17, 15) is 27.6 Å². The molecule has 0 saturated carbocycles. The maximum atomic E-state index is 12.5. The number of carbonyl (C=O) groups is 2. The molecule has 3 aromatic rings. The summed E-state index contributed by atoms with van der Waals surface area (Å²) >= 11 is 0. The number of para-hydroxylation sites is 1. The van der Waals surface area contributed by atoms with E-state index in [1.807, 2.05) is 0 Å². The van der Waals surface area contributed by atoms with Gasteiger partial charge in [0.1, 0.15) is 12.1 Å². The van der Waals surface area contributed by atoms with Crippen molar-refractivity contribution in [3.8, 4) is 5.75 Å². The third-order valence-electron chi connectivity index (χ3n) is 4.25. The fraction of sp³-hybridized carbons (Fsp3) is 0.190. The minimum atomic E-state index is -4.48. The zero-order valence-corrected chi connectivity index (χ0v) is 16.2. The van der Waals surface area contributed by atoms with Gasteiger partial charge in [0.2, 0.25) is 5.91 Å². The van der Waals surface area contributed by atoms with E-state index < -0.39 is 30.2 Å². The van der Waals surface area contributed by atoms with E-state index in [1.54, 1.807) is 23.5 Å². The van der Waals surface area contributed by atoms with Crippen molar-refractivity contribution in [2.24, 2.45) is 0 Å². The van der Waals surface area contributed by atoms with Gasteiger partial charge in [-0.2, -0.15) is 13.2 Å². The van der Waals surface area contributed by atoms with Crippen LogP contribution in [-0.2, 0) is 11.2 Å². The Morgan fingerprint density at radius 2 is 1.81 bits per heavy atom. The summed E-state index contributed by atoms with van der Waals surface area (Å²) in [6.07, 6.45) is -4.73. The van der Waals surface area contributed by atoms with Crippen LogP contribution in [-0.4, -0.2) is 31.6 Å². The molecule has 1 heterocycles. The quantitative estimate of drug-likeness (QED) is 0.581. The van der Waals surface area contributed by atoms with Gasteiger partial charge in [0.25, 0.3) is 5.91 Å². The Balaban J connectivity index is 1.69. The van der Waals surface area contributed by atoms with Crippen molar-refractivity contribution < 1.29 is 31.9 Å². The molecule has 2 N–H and O–H groups in total. The second-order valence-corrected chi connectivity index (χ2v) is 6.55. The number of halogens is 3. The number of amides is 2. The van der Waals surface area contributed by atoms with E-state index in [0.29, 0.717) is 22.4 Å². The molecule has 31 heavy (non-hydrogen) atoms. The van der Waals surface area contributed by atoms with E-state index in [2.05, 4.69) is 5.32 Å². The van der Waals surface area contributed by atoms with Crippen LogP contribution in [0.3, 0.4) is 0 Å². The number of rotatable bonds is 6. The van der Waals surface area contributed by atoms with E-state index >= 15 is 0 Å². The van der Waals surface area contributed by atoms with Crippen molar-refractivity contribution in [3.05, 3.63) is 70.1 Å². The van der Waals surface area contributed by atoms with Gasteiger partial charge in [0.15, 0.2) is 11.3 Å². The molecular formula is C21H17F3N2O5. The number of methoxy groups -OCH3 is 1. The number of alkyl halides is 3. The molecule has 3 rings (SSSR count). The molecule has 162 valence electrons. The van der Waals surface area contributed by atoms with Crippen LogP contribution in [0.1, 0.15) is 15.9 Å². The lowest BCUT2D eigenvalue weighted by molar-refractivity contribution is -0.138. The molecule has 0 radical (unpaired) electrons. The number of anilines is 1. The topological polar surface area (TPSA) is 97.6 Å². The van der Waals surface area contributed by atoms with Gasteiger partial charge in [0, 0.05) is 11.1 Å². The Morgan fingerprint density at radius 1 is 1.10 bits per heavy atom. The van der Waals surface area contributed by atoms with E-state index in [0.717, 1.165) is 0 Å². The normalized spacial score (nSPS) is 11.2. The Hall–Kier alpha value is -3.82. The Morgan fingerprint density at radius 3 is 2.45 bits per heavy atom. The second kappa shape index (κ2) is 8.90. The fourth-order valence-corrected chi connectivity index (χ4v) is 2.79. The molecule has 1 aromatic heterocycles. The first kappa shape index (κ1) is 21.9. The van der Waals surface area contributed by atoms with Crippen LogP contribution in [0.2, 0.25) is 0 Å². The average Bonchev–Trinajstić information content (AvgIpc) is 2.72. The highest BCUT2D eigenvalue weighted by Crippen LogP contribution is 2.24. The van der Waals surface area contributed by atoms with E-state index in [4.69, 9.17) is 9.15 Å². The van der Waals surface area contributed by atoms with Crippen molar-refractivity contribution >= 4 is 28.5 Å². The number of ether oxygens (including phenoxy) is 1. The zero-order valence-electron chi connectivity index (χ0n) is 16.2. The highest BCUT2D eigenvalue weighted by molar-refractivity contribution is 6.05. The van der Waals surface area contributed by atoms with Gasteiger partial charge >= 0.3 is 11.8 Å². The molecule has 0 fully saturated rings. The van der Waals surface area contributed by atoms with Crippen molar-refractivity contribution in [1.29, 1.82) is 0 Å². The van der Waals surface area contributed by atoms with Gasteiger partial charge in [-0.25, -0.2) is 4.79 Å². The number of fused-ring (bicyclic) bond motifs is 1. The maximum Gasteiger partial charge on any atom is 0.405 e. The number of carbonyl (C=O) groups excluding carboxylic acids is 2. The van der Waals surface area contributed by atoms with E-state index in [-0.39, 0.29) is 17.6 Å². The van der Waals surface area contributed by atoms with Gasteiger partial charge in [-0.3, -0.25) is 9.59 Å². The Labute approximate surface area is 173 Å². The zero-order chi connectivity index (χ0) is 22.6. The van der Waals surface area contributed by atoms with Crippen molar-refractivity contribution in [3.63, 3.8) is 0 Å². The molecule has 0 saturated heterocycles. The average molecular weight is 434 g/mol.